The summed E-state index contributed by atoms with van der Waals surface area (Å²) in [5.41, 5.74) is 0. The first-order valence-electron chi connectivity index (χ1n) is 13.4. The molecule has 0 radical (unpaired) electrons. The van der Waals surface area contributed by atoms with Crippen LogP contribution in [0.1, 0.15) is 80.1 Å². The maximum atomic E-state index is 12.6. The van der Waals surface area contributed by atoms with Crippen molar-refractivity contribution in [2.45, 2.75) is 95.1 Å². The molecule has 0 spiro atoms. The fraction of sp³-hybridized carbons (Fsp3) is 0.808. The SMILES string of the molecule is CCC[N-]CCC.CCC[N-]CCC.CCC[N-]CCC.F[C](F)(F)[Ge]([c-]1cccc1)([C](F)(F)F)[C](F)(F)F.[Zr+4]. The largest absolute Gasteiger partial charge is 4.00 e. The molecule has 0 amide bonds. The van der Waals surface area contributed by atoms with Crippen LogP contribution in [0.2, 0.25) is 0 Å². The summed E-state index contributed by atoms with van der Waals surface area (Å²) in [7, 11) is 0. The molecule has 1 rings (SSSR count). The van der Waals surface area contributed by atoms with Crippen LogP contribution in [0.5, 0.6) is 0 Å². The predicted octanol–water partition coefficient (Wildman–Crippen LogP) is 9.90. The van der Waals surface area contributed by atoms with Gasteiger partial charge in [-0.1, -0.05) is 80.1 Å². The average Bonchev–Trinajstić information content (AvgIpc) is 3.33. The van der Waals surface area contributed by atoms with Gasteiger partial charge < -0.3 is 16.0 Å². The maximum Gasteiger partial charge on any atom is 4.00 e. The maximum absolute atomic E-state index is 12.6. The van der Waals surface area contributed by atoms with Gasteiger partial charge in [-0.25, -0.2) is 0 Å². The van der Waals surface area contributed by atoms with Crippen LogP contribution in [-0.4, -0.2) is 67.6 Å². The van der Waals surface area contributed by atoms with Gasteiger partial charge in [-0.3, -0.25) is 0 Å². The molecule has 14 heteroatoms. The molecule has 0 fully saturated rings. The summed E-state index contributed by atoms with van der Waals surface area (Å²) in [6.45, 7) is 19.2. The van der Waals surface area contributed by atoms with Crippen LogP contribution in [-0.2, 0) is 26.2 Å². The Hall–Kier alpha value is 0.0260. The van der Waals surface area contributed by atoms with Gasteiger partial charge in [-0.2, -0.15) is 0 Å². The second kappa shape index (κ2) is 26.6. The third-order valence-corrected chi connectivity index (χ3v) is 12.5. The van der Waals surface area contributed by atoms with Gasteiger partial charge in [0.05, 0.1) is 0 Å². The van der Waals surface area contributed by atoms with E-state index in [9.17, 15) is 39.5 Å². The van der Waals surface area contributed by atoms with Gasteiger partial charge in [0.25, 0.3) is 0 Å². The summed E-state index contributed by atoms with van der Waals surface area (Å²) in [5.74, 6) is 0. The van der Waals surface area contributed by atoms with Crippen LogP contribution in [0.3, 0.4) is 0 Å². The Balaban J connectivity index is -0.000000245. The van der Waals surface area contributed by atoms with Gasteiger partial charge in [0.1, 0.15) is 0 Å². The van der Waals surface area contributed by atoms with Gasteiger partial charge in [-0.15, -0.1) is 39.3 Å². The number of hydrogen-bond acceptors (Lipinski definition) is 0. The molecule has 0 saturated heterocycles. The molecular weight excluding hydrogens is 689 g/mol. The summed E-state index contributed by atoms with van der Waals surface area (Å²) in [6.07, 6.45) is 7.17. The molecule has 40 heavy (non-hydrogen) atoms. The standard InChI is InChI=1S/C8H4F9Ge.3C6H14N.Zr/c9-6(10,11)18(7(12,13)14,8(15,16)17)5-3-1-2-4-5;3*1-3-5-7-6-4-2;/h1-4H;3*3-6H2,1-2H3;/q4*-1;+4. The first kappa shape index (κ1) is 47.0. The number of alkyl halides is 9. The number of nitrogens with zero attached hydrogens (tertiary/aromatic N) is 3. The summed E-state index contributed by atoms with van der Waals surface area (Å²) in [4.78, 5) is 0. The summed E-state index contributed by atoms with van der Waals surface area (Å²) < 4.78 is 111. The van der Waals surface area contributed by atoms with Crippen molar-refractivity contribution in [2.24, 2.45) is 0 Å². The first-order valence-corrected chi connectivity index (χ1v) is 17.6. The van der Waals surface area contributed by atoms with Crippen LogP contribution in [0.25, 0.3) is 16.0 Å². The van der Waals surface area contributed by atoms with Gasteiger partial charge in [0.2, 0.25) is 0 Å². The van der Waals surface area contributed by atoms with Crippen molar-refractivity contribution in [1.82, 2.24) is 0 Å². The zero-order chi connectivity index (χ0) is 31.0. The Morgan fingerprint density at radius 1 is 0.475 bits per heavy atom. The molecule has 0 aliphatic carbocycles. The van der Waals surface area contributed by atoms with Crippen LogP contribution in [0, 0.1) is 0 Å². The van der Waals surface area contributed by atoms with Crippen molar-refractivity contribution in [3.05, 3.63) is 40.2 Å². The van der Waals surface area contributed by atoms with Crippen molar-refractivity contribution in [2.75, 3.05) is 39.3 Å². The Morgan fingerprint density at radius 3 is 0.825 bits per heavy atom. The van der Waals surface area contributed by atoms with Gasteiger partial charge >= 0.3 is 123 Å². The fourth-order valence-electron chi connectivity index (χ4n) is 2.88. The smallest absolute Gasteiger partial charge is 4.00 e. The van der Waals surface area contributed by atoms with Crippen molar-refractivity contribution in [3.63, 3.8) is 0 Å². The van der Waals surface area contributed by atoms with Crippen molar-refractivity contribution in [3.8, 4) is 0 Å². The molecule has 0 saturated carbocycles. The number of hydrogen-bond donors (Lipinski definition) is 0. The molecule has 1 aromatic carbocycles. The second-order valence-corrected chi connectivity index (χ2v) is 16.4. The van der Waals surface area contributed by atoms with E-state index in [0.717, 1.165) is 51.4 Å². The number of rotatable bonds is 13. The van der Waals surface area contributed by atoms with E-state index in [1.54, 1.807) is 0 Å². The predicted molar refractivity (Wildman–Crippen MR) is 147 cm³/mol. The molecule has 0 aliphatic rings. The molecule has 1 aromatic rings. The molecule has 0 unspecified atom stereocenters. The molecule has 0 heterocycles. The van der Waals surface area contributed by atoms with Crippen molar-refractivity contribution >= 4 is 17.7 Å². The monoisotopic (exact) mass is 735 g/mol. The summed E-state index contributed by atoms with van der Waals surface area (Å²) in [6, 6.07) is 1.90. The van der Waals surface area contributed by atoms with E-state index in [2.05, 4.69) is 57.5 Å². The van der Waals surface area contributed by atoms with E-state index in [1.807, 2.05) is 0 Å². The summed E-state index contributed by atoms with van der Waals surface area (Å²) in [5, 5.41) is -6.44. The number of halogens is 9. The zero-order valence-corrected chi connectivity index (χ0v) is 29.1. The Morgan fingerprint density at radius 2 is 0.675 bits per heavy atom. The van der Waals surface area contributed by atoms with Gasteiger partial charge in [0, 0.05) is 0 Å². The molecular formula is C26H46F9GeN3Zr. The average molecular weight is 735 g/mol. The van der Waals surface area contributed by atoms with Gasteiger partial charge in [-0.05, 0) is 0 Å². The minimum Gasteiger partial charge on any atom is 4.00 e. The molecule has 3 nitrogen and oxygen atoms in total. The molecule has 0 bridgehead atoms. The van der Waals surface area contributed by atoms with Gasteiger partial charge in [0.15, 0.2) is 0 Å². The molecule has 0 atom stereocenters. The summed E-state index contributed by atoms with van der Waals surface area (Å²) >= 11 is -8.38. The minimum absolute atomic E-state index is 0. The van der Waals surface area contributed by atoms with E-state index in [4.69, 9.17) is 0 Å². The van der Waals surface area contributed by atoms with Crippen LogP contribution < -0.4 is 4.40 Å². The first-order chi connectivity index (χ1) is 18.1. The van der Waals surface area contributed by atoms with E-state index in [-0.39, 0.29) is 38.3 Å². The minimum atomic E-state index is -8.38. The van der Waals surface area contributed by atoms with Crippen molar-refractivity contribution in [1.29, 1.82) is 0 Å². The zero-order valence-electron chi connectivity index (χ0n) is 24.5. The second-order valence-electron chi connectivity index (χ2n) is 8.43. The Kier molecular flexibility index (Phi) is 31.3. The van der Waals surface area contributed by atoms with Crippen LogP contribution in [0.15, 0.2) is 24.3 Å². The van der Waals surface area contributed by atoms with E-state index < -0.39 is 32.7 Å². The molecule has 0 aliphatic heterocycles. The van der Waals surface area contributed by atoms with E-state index >= 15 is 0 Å². The van der Waals surface area contributed by atoms with Crippen LogP contribution >= 0.6 is 0 Å². The fourth-order valence-corrected chi connectivity index (χ4v) is 8.42. The Bertz CT molecular complexity index is 567. The van der Waals surface area contributed by atoms with Crippen LogP contribution in [0.4, 0.5) is 39.5 Å². The molecule has 0 N–H and O–H groups in total. The van der Waals surface area contributed by atoms with E-state index in [1.165, 1.54) is 38.5 Å². The third-order valence-electron chi connectivity index (χ3n) is 4.66. The third kappa shape index (κ3) is 19.3. The Labute approximate surface area is 257 Å². The normalized spacial score (nSPS) is 11.7. The van der Waals surface area contributed by atoms with E-state index in [0.29, 0.717) is 0 Å². The molecule has 0 aromatic heterocycles. The molecule has 236 valence electrons. The quantitative estimate of drug-likeness (QED) is 0.0839. The topological polar surface area (TPSA) is 42.3 Å². The van der Waals surface area contributed by atoms with Crippen molar-refractivity contribution < 1.29 is 65.7 Å².